The first-order valence-corrected chi connectivity index (χ1v) is 9.06. The standard InChI is InChI=1S/C19H17Cl2N3O2.ClH/c1-23-9-15(14-6-12(20)7-17(21)16(14)10-23)11-3-2-4-13(5-11)24-18(25)8-22-19(24)26;/h2-7,15H,8-10H2,1H3,(H,22,26);1H/t15-;/m0./s1. The van der Waals surface area contributed by atoms with E-state index >= 15 is 0 Å². The van der Waals surface area contributed by atoms with Crippen LogP contribution in [-0.2, 0) is 11.3 Å². The first-order valence-electron chi connectivity index (χ1n) is 8.31. The Morgan fingerprint density at radius 3 is 2.63 bits per heavy atom. The highest BCUT2D eigenvalue weighted by Gasteiger charge is 2.31. The molecule has 1 N–H and O–H groups in total. The van der Waals surface area contributed by atoms with E-state index in [1.807, 2.05) is 31.3 Å². The number of hydrogen-bond donors (Lipinski definition) is 1. The second-order valence-corrected chi connectivity index (χ2v) is 7.53. The number of likely N-dealkylation sites (N-methyl/N-ethyl adjacent to an activating group) is 1. The summed E-state index contributed by atoms with van der Waals surface area (Å²) in [5, 5.41) is 3.82. The zero-order chi connectivity index (χ0) is 18.4. The molecule has 2 aliphatic heterocycles. The molecular weight excluding hydrogens is 409 g/mol. The zero-order valence-corrected chi connectivity index (χ0v) is 16.9. The number of nitrogens with one attached hydrogen (secondary N) is 1. The molecule has 1 fully saturated rings. The molecule has 0 aromatic heterocycles. The van der Waals surface area contributed by atoms with Crippen molar-refractivity contribution in [1.29, 1.82) is 0 Å². The van der Waals surface area contributed by atoms with Gasteiger partial charge in [-0.15, -0.1) is 12.4 Å². The zero-order valence-electron chi connectivity index (χ0n) is 14.5. The van der Waals surface area contributed by atoms with Crippen LogP contribution in [0.3, 0.4) is 0 Å². The van der Waals surface area contributed by atoms with Crippen molar-refractivity contribution in [2.24, 2.45) is 0 Å². The molecule has 0 unspecified atom stereocenters. The quantitative estimate of drug-likeness (QED) is 0.737. The maximum atomic E-state index is 12.0. The van der Waals surface area contributed by atoms with Gasteiger partial charge < -0.3 is 10.2 Å². The van der Waals surface area contributed by atoms with E-state index in [4.69, 9.17) is 23.2 Å². The molecule has 0 radical (unpaired) electrons. The molecule has 0 aliphatic carbocycles. The number of carbonyl (C=O) groups is 2. The smallest absolute Gasteiger partial charge is 0.328 e. The minimum atomic E-state index is -0.389. The van der Waals surface area contributed by atoms with Gasteiger partial charge in [0, 0.05) is 29.1 Å². The van der Waals surface area contributed by atoms with Crippen molar-refractivity contribution in [2.75, 3.05) is 25.0 Å². The lowest BCUT2D eigenvalue weighted by atomic mass is 9.84. The van der Waals surface area contributed by atoms with Crippen molar-refractivity contribution in [3.05, 3.63) is 63.1 Å². The molecule has 0 spiro atoms. The van der Waals surface area contributed by atoms with Crippen LogP contribution in [-0.4, -0.2) is 37.0 Å². The van der Waals surface area contributed by atoms with E-state index in [2.05, 4.69) is 10.2 Å². The lowest BCUT2D eigenvalue weighted by Gasteiger charge is -2.33. The highest BCUT2D eigenvalue weighted by Crippen LogP contribution is 2.39. The lowest BCUT2D eigenvalue weighted by molar-refractivity contribution is -0.115. The number of anilines is 1. The molecule has 27 heavy (non-hydrogen) atoms. The summed E-state index contributed by atoms with van der Waals surface area (Å²) < 4.78 is 0. The van der Waals surface area contributed by atoms with Gasteiger partial charge in [-0.25, -0.2) is 9.69 Å². The Labute approximate surface area is 173 Å². The van der Waals surface area contributed by atoms with Crippen LogP contribution in [0.5, 0.6) is 0 Å². The summed E-state index contributed by atoms with van der Waals surface area (Å²) in [6.07, 6.45) is 0. The molecule has 2 aromatic carbocycles. The van der Waals surface area contributed by atoms with Gasteiger partial charge >= 0.3 is 6.03 Å². The Bertz CT molecular complexity index is 903. The van der Waals surface area contributed by atoms with Gasteiger partial charge in [-0.3, -0.25) is 4.79 Å². The number of amides is 3. The molecule has 2 heterocycles. The van der Waals surface area contributed by atoms with Gasteiger partial charge in [0.25, 0.3) is 5.91 Å². The fourth-order valence-electron chi connectivity index (χ4n) is 3.70. The van der Waals surface area contributed by atoms with Gasteiger partial charge in [0.1, 0.15) is 0 Å². The Hall–Kier alpha value is -1.79. The van der Waals surface area contributed by atoms with Gasteiger partial charge in [0.15, 0.2) is 0 Å². The summed E-state index contributed by atoms with van der Waals surface area (Å²) in [4.78, 5) is 27.4. The third-order valence-corrected chi connectivity index (χ3v) is 5.42. The predicted molar refractivity (Wildman–Crippen MR) is 109 cm³/mol. The van der Waals surface area contributed by atoms with E-state index in [1.54, 1.807) is 12.1 Å². The number of urea groups is 1. The molecule has 1 saturated heterocycles. The third kappa shape index (κ3) is 3.65. The van der Waals surface area contributed by atoms with Crippen molar-refractivity contribution in [3.63, 3.8) is 0 Å². The van der Waals surface area contributed by atoms with Crippen molar-refractivity contribution in [2.45, 2.75) is 12.5 Å². The van der Waals surface area contributed by atoms with Gasteiger partial charge in [-0.2, -0.15) is 0 Å². The Kier molecular flexibility index (Phi) is 5.68. The number of halogens is 3. The van der Waals surface area contributed by atoms with Crippen LogP contribution in [0.4, 0.5) is 10.5 Å². The summed E-state index contributed by atoms with van der Waals surface area (Å²) in [5.74, 6) is -0.194. The van der Waals surface area contributed by atoms with Gasteiger partial charge in [-0.05, 0) is 48.0 Å². The molecule has 3 amide bonds. The van der Waals surface area contributed by atoms with Gasteiger partial charge in [0.2, 0.25) is 0 Å². The van der Waals surface area contributed by atoms with Crippen LogP contribution in [0, 0.1) is 0 Å². The number of fused-ring (bicyclic) bond motifs is 1. The van der Waals surface area contributed by atoms with Crippen molar-refractivity contribution in [1.82, 2.24) is 10.2 Å². The molecule has 2 aromatic rings. The monoisotopic (exact) mass is 425 g/mol. The fraction of sp³-hybridized carbons (Fsp3) is 0.263. The van der Waals surface area contributed by atoms with E-state index in [1.165, 1.54) is 4.90 Å². The molecule has 142 valence electrons. The molecule has 2 aliphatic rings. The first kappa shape index (κ1) is 20.0. The average molecular weight is 427 g/mol. The number of hydrogen-bond acceptors (Lipinski definition) is 3. The normalized spacial score (nSPS) is 19.5. The minimum absolute atomic E-state index is 0. The Morgan fingerprint density at radius 1 is 1.15 bits per heavy atom. The highest BCUT2D eigenvalue weighted by atomic mass is 35.5. The summed E-state index contributed by atoms with van der Waals surface area (Å²) in [7, 11) is 2.04. The van der Waals surface area contributed by atoms with E-state index < -0.39 is 0 Å². The fourth-order valence-corrected chi connectivity index (χ4v) is 4.26. The largest absolute Gasteiger partial charge is 0.329 e. The SMILES string of the molecule is CN1Cc2c(Cl)cc(Cl)cc2[C@H](c2cccc(N3C(=O)CNC3=O)c2)C1.Cl. The highest BCUT2D eigenvalue weighted by molar-refractivity contribution is 6.35. The van der Waals surface area contributed by atoms with Crippen LogP contribution in [0.1, 0.15) is 22.6 Å². The average Bonchev–Trinajstić information content (AvgIpc) is 2.94. The number of benzene rings is 2. The molecule has 8 heteroatoms. The molecule has 4 rings (SSSR count). The molecule has 5 nitrogen and oxygen atoms in total. The third-order valence-electron chi connectivity index (χ3n) is 4.87. The number of imide groups is 1. The van der Waals surface area contributed by atoms with Crippen LogP contribution in [0.15, 0.2) is 36.4 Å². The topological polar surface area (TPSA) is 52.6 Å². The lowest BCUT2D eigenvalue weighted by Crippen LogP contribution is -2.32. The van der Waals surface area contributed by atoms with E-state index in [0.717, 1.165) is 29.8 Å². The van der Waals surface area contributed by atoms with Gasteiger partial charge in [0.05, 0.1) is 12.2 Å². The molecule has 1 atom stereocenters. The molecular formula is C19H18Cl3N3O2. The minimum Gasteiger partial charge on any atom is -0.328 e. The second kappa shape index (κ2) is 7.68. The summed E-state index contributed by atoms with van der Waals surface area (Å²) in [6, 6.07) is 10.9. The Balaban J connectivity index is 0.00000210. The van der Waals surface area contributed by atoms with Crippen LogP contribution >= 0.6 is 35.6 Å². The van der Waals surface area contributed by atoms with E-state index in [0.29, 0.717) is 15.7 Å². The maximum Gasteiger partial charge on any atom is 0.329 e. The molecule has 0 saturated carbocycles. The number of rotatable bonds is 2. The van der Waals surface area contributed by atoms with Crippen molar-refractivity contribution >= 4 is 53.2 Å². The number of carbonyl (C=O) groups excluding carboxylic acids is 2. The van der Waals surface area contributed by atoms with Crippen LogP contribution in [0.25, 0.3) is 0 Å². The summed E-state index contributed by atoms with van der Waals surface area (Å²) in [6.45, 7) is 1.59. The maximum absolute atomic E-state index is 12.0. The summed E-state index contributed by atoms with van der Waals surface area (Å²) >= 11 is 12.7. The van der Waals surface area contributed by atoms with Crippen LogP contribution in [0.2, 0.25) is 10.0 Å². The van der Waals surface area contributed by atoms with E-state index in [9.17, 15) is 9.59 Å². The van der Waals surface area contributed by atoms with E-state index in [-0.39, 0.29) is 36.8 Å². The first-order chi connectivity index (χ1) is 12.4. The Morgan fingerprint density at radius 2 is 1.93 bits per heavy atom. The number of nitrogens with zero attached hydrogens (tertiary/aromatic N) is 2. The summed E-state index contributed by atoms with van der Waals surface area (Å²) in [5.41, 5.74) is 3.75. The predicted octanol–water partition coefficient (Wildman–Crippen LogP) is 4.05. The second-order valence-electron chi connectivity index (χ2n) is 6.69. The van der Waals surface area contributed by atoms with Crippen LogP contribution < -0.4 is 10.2 Å². The van der Waals surface area contributed by atoms with Crippen molar-refractivity contribution < 1.29 is 9.59 Å². The van der Waals surface area contributed by atoms with Gasteiger partial charge in [-0.1, -0.05) is 35.3 Å². The van der Waals surface area contributed by atoms with Crippen molar-refractivity contribution in [3.8, 4) is 0 Å². The molecule has 0 bridgehead atoms.